The highest BCUT2D eigenvalue weighted by Crippen LogP contribution is 2.40. The Bertz CT molecular complexity index is 2390. The molecule has 62 heavy (non-hydrogen) atoms. The van der Waals surface area contributed by atoms with Crippen LogP contribution in [0.4, 0.5) is 26.3 Å². The average Bonchev–Trinajstić information content (AvgIpc) is 3.85. The Balaban J connectivity index is 1.68. The lowest BCUT2D eigenvalue weighted by Crippen LogP contribution is -2.42. The zero-order valence-corrected chi connectivity index (χ0v) is 36.2. The molecule has 0 unspecified atom stereocenters. The molecule has 5 aromatic rings. The predicted molar refractivity (Wildman–Crippen MR) is 236 cm³/mol. The zero-order chi connectivity index (χ0) is 45.0. The summed E-state index contributed by atoms with van der Waals surface area (Å²) in [5.41, 5.74) is 7.43. The molecule has 0 fully saturated rings. The molecule has 1 aromatic heterocycles. The summed E-state index contributed by atoms with van der Waals surface area (Å²) in [6.07, 6.45) is 3.66. The largest absolute Gasteiger partial charge is 0.598 e. The Labute approximate surface area is 360 Å². The number of nitrogens with zero attached hydrogens (tertiary/aromatic N) is 2. The fourth-order valence-corrected chi connectivity index (χ4v) is 6.90. The Morgan fingerprint density at radius 1 is 0.597 bits per heavy atom. The Hall–Kier alpha value is -5.53. The summed E-state index contributed by atoms with van der Waals surface area (Å²) in [7, 11) is 1.03. The van der Waals surface area contributed by atoms with Gasteiger partial charge >= 0.3 is 7.25 Å². The van der Waals surface area contributed by atoms with Gasteiger partial charge in [-0.25, -0.2) is 31.3 Å². The predicted octanol–water partition coefficient (Wildman–Crippen LogP) is 12.4. The molecule has 0 N–H and O–H groups in total. The van der Waals surface area contributed by atoms with Crippen LogP contribution in [0.5, 0.6) is 11.5 Å². The fourth-order valence-electron chi connectivity index (χ4n) is 6.90. The van der Waals surface area contributed by atoms with Crippen molar-refractivity contribution in [2.75, 3.05) is 40.8 Å². The highest BCUT2D eigenvalue weighted by molar-refractivity contribution is 6.44. The minimum absolute atomic E-state index is 0.130. The minimum atomic E-state index is -4.00. The number of aliphatic imine (C=N–C) groups is 1. The van der Waals surface area contributed by atoms with Crippen LogP contribution < -0.4 is 9.47 Å². The summed E-state index contributed by atoms with van der Waals surface area (Å²) in [4.78, 5) is 5.12. The molecule has 2 heterocycles. The van der Waals surface area contributed by atoms with Gasteiger partial charge in [0.05, 0.1) is 38.8 Å². The number of methoxy groups -OCH3 is 2. The van der Waals surface area contributed by atoms with E-state index in [4.69, 9.17) is 23.8 Å². The smallest absolute Gasteiger partial charge is 0.497 e. The van der Waals surface area contributed by atoms with Crippen molar-refractivity contribution >= 4 is 24.6 Å². The molecule has 326 valence electrons. The third-order valence-electron chi connectivity index (χ3n) is 10.5. The lowest BCUT2D eigenvalue weighted by molar-refractivity contribution is -0.0824. The molecule has 0 spiro atoms. The molecule has 0 bridgehead atoms. The number of allylic oxidation sites excluding steroid dienone is 2. The Morgan fingerprint density at radius 3 is 1.47 bits per heavy atom. The summed E-state index contributed by atoms with van der Waals surface area (Å²) in [5.74, 6) is -6.83. The molecule has 0 saturated heterocycles. The van der Waals surface area contributed by atoms with E-state index < -0.39 is 45.7 Å². The van der Waals surface area contributed by atoms with Crippen LogP contribution in [-0.2, 0) is 20.1 Å². The van der Waals surface area contributed by atoms with E-state index in [2.05, 4.69) is 41.5 Å². The molecular formula is C49H51BF6N2O4. The first-order valence-corrected chi connectivity index (χ1v) is 20.1. The maximum Gasteiger partial charge on any atom is 0.598 e. The van der Waals surface area contributed by atoms with E-state index in [0.717, 1.165) is 22.3 Å². The molecule has 13 heteroatoms. The van der Waals surface area contributed by atoms with Crippen LogP contribution in [0.3, 0.4) is 0 Å². The molecule has 6 nitrogen and oxygen atoms in total. The van der Waals surface area contributed by atoms with Crippen LogP contribution in [0.1, 0.15) is 69.5 Å². The SMILES string of the molecule is COc1ccc(C2=N/C(=C\c3c(-c4ccc(C(C)(C)C)cc4)cc(-c4ccc(OC)cc4)n3B(OCC(F)(F)CF)OCC(F)(F)CF)C(c3ccc(C(C)(C)C)cc3)=C2)cc1. The van der Waals surface area contributed by atoms with Gasteiger partial charge < -0.3 is 23.3 Å². The van der Waals surface area contributed by atoms with E-state index in [0.29, 0.717) is 50.9 Å². The van der Waals surface area contributed by atoms with Gasteiger partial charge in [-0.3, -0.25) is 0 Å². The quantitative estimate of drug-likeness (QED) is 0.0733. The standard InChI is InChI=1S/C49H51BF6N2O4/c1-46(2,3)36-17-9-32(10-18-36)40-25-42(34-13-21-38(59-7)22-14-34)57-43(40)27-45-41(33-11-19-37(20-12-33)47(4,5)6)26-44(35-15-23-39(60-8)24-16-35)58(45)50(61-30-48(53,54)28-51)62-31-49(55,56)29-52/h9-27H,28-31H2,1-8H3/b43-27-. The van der Waals surface area contributed by atoms with Crippen molar-refractivity contribution in [2.45, 2.75) is 64.2 Å². The van der Waals surface area contributed by atoms with Gasteiger partial charge in [0.2, 0.25) is 0 Å². The van der Waals surface area contributed by atoms with Crippen LogP contribution in [0.15, 0.2) is 120 Å². The van der Waals surface area contributed by atoms with E-state index in [9.17, 15) is 26.3 Å². The van der Waals surface area contributed by atoms with E-state index in [1.807, 2.05) is 78.9 Å². The lowest BCUT2D eigenvalue weighted by Gasteiger charge is -2.24. The minimum Gasteiger partial charge on any atom is -0.497 e. The first-order valence-electron chi connectivity index (χ1n) is 20.1. The van der Waals surface area contributed by atoms with Crippen LogP contribution in [0, 0.1) is 0 Å². The summed E-state index contributed by atoms with van der Waals surface area (Å²) in [6, 6.07) is 31.8. The van der Waals surface area contributed by atoms with Crippen molar-refractivity contribution < 1.29 is 45.1 Å². The number of rotatable bonds is 16. The molecule has 0 saturated carbocycles. The molecule has 0 aliphatic carbocycles. The van der Waals surface area contributed by atoms with Gasteiger partial charge in [-0.2, -0.15) is 0 Å². The molecule has 4 aromatic carbocycles. The first kappa shape index (κ1) is 46.0. The van der Waals surface area contributed by atoms with Gasteiger partial charge in [0.25, 0.3) is 11.8 Å². The van der Waals surface area contributed by atoms with Crippen molar-refractivity contribution in [2.24, 2.45) is 4.99 Å². The molecule has 0 radical (unpaired) electrons. The van der Waals surface area contributed by atoms with Crippen LogP contribution in [-0.4, -0.2) is 70.1 Å². The van der Waals surface area contributed by atoms with E-state index in [-0.39, 0.29) is 16.5 Å². The molecule has 1 aliphatic heterocycles. The van der Waals surface area contributed by atoms with Gasteiger partial charge in [-0.05, 0) is 105 Å². The van der Waals surface area contributed by atoms with Crippen LogP contribution >= 0.6 is 0 Å². The molecule has 0 amide bonds. The van der Waals surface area contributed by atoms with Gasteiger partial charge in [0.15, 0.2) is 13.3 Å². The number of aromatic nitrogens is 1. The van der Waals surface area contributed by atoms with Crippen molar-refractivity contribution in [3.8, 4) is 33.9 Å². The van der Waals surface area contributed by atoms with Crippen LogP contribution in [0.25, 0.3) is 34.0 Å². The van der Waals surface area contributed by atoms with Crippen molar-refractivity contribution in [3.05, 3.63) is 143 Å². The molecule has 1 aliphatic rings. The van der Waals surface area contributed by atoms with Crippen molar-refractivity contribution in [1.29, 1.82) is 0 Å². The number of alkyl halides is 6. The Morgan fingerprint density at radius 2 is 1.03 bits per heavy atom. The molecule has 6 rings (SSSR count). The number of hydrogen-bond acceptors (Lipinski definition) is 5. The van der Waals surface area contributed by atoms with Crippen LogP contribution in [0.2, 0.25) is 0 Å². The number of ether oxygens (including phenoxy) is 2. The van der Waals surface area contributed by atoms with Gasteiger partial charge in [0, 0.05) is 28.1 Å². The summed E-state index contributed by atoms with van der Waals surface area (Å²) in [6.45, 7) is 5.36. The van der Waals surface area contributed by atoms with E-state index >= 15 is 0 Å². The topological polar surface area (TPSA) is 54.2 Å². The normalized spacial score (nSPS) is 14.3. The third kappa shape index (κ3) is 10.7. The van der Waals surface area contributed by atoms with E-state index in [1.165, 1.54) is 11.6 Å². The fraction of sp³-hybridized carbons (Fsp3) is 0.327. The summed E-state index contributed by atoms with van der Waals surface area (Å²) < 4.78 is 109. The second kappa shape index (κ2) is 18.4. The number of hydrogen-bond donors (Lipinski definition) is 0. The lowest BCUT2D eigenvalue weighted by atomic mass is 9.86. The van der Waals surface area contributed by atoms with Gasteiger partial charge in [-0.15, -0.1) is 0 Å². The maximum absolute atomic E-state index is 14.7. The first-order chi connectivity index (χ1) is 29.3. The highest BCUT2D eigenvalue weighted by atomic mass is 19.3. The summed E-state index contributed by atoms with van der Waals surface area (Å²) in [5, 5.41) is 0. The molecular weight excluding hydrogens is 805 g/mol. The maximum atomic E-state index is 14.7. The van der Waals surface area contributed by atoms with Crippen molar-refractivity contribution in [3.63, 3.8) is 0 Å². The Kier molecular flexibility index (Phi) is 13.7. The highest BCUT2D eigenvalue weighted by Gasteiger charge is 2.40. The third-order valence-corrected chi connectivity index (χ3v) is 10.5. The van der Waals surface area contributed by atoms with Gasteiger partial charge in [0.1, 0.15) is 11.5 Å². The second-order valence-corrected chi connectivity index (χ2v) is 17.3. The van der Waals surface area contributed by atoms with Gasteiger partial charge in [-0.1, -0.05) is 90.1 Å². The van der Waals surface area contributed by atoms with Crippen molar-refractivity contribution in [1.82, 2.24) is 4.48 Å². The average molecular weight is 857 g/mol. The summed E-state index contributed by atoms with van der Waals surface area (Å²) >= 11 is 0. The molecule has 0 atom stereocenters. The zero-order valence-electron chi connectivity index (χ0n) is 36.2. The number of benzene rings is 4. The van der Waals surface area contributed by atoms with E-state index in [1.54, 1.807) is 43.5 Å². The second-order valence-electron chi connectivity index (χ2n) is 17.3. The number of halogens is 6. The monoisotopic (exact) mass is 856 g/mol.